The molecule has 1 aliphatic rings. The van der Waals surface area contributed by atoms with Gasteiger partial charge < -0.3 is 5.32 Å². The van der Waals surface area contributed by atoms with Crippen LogP contribution >= 0.6 is 0 Å². The molecule has 1 aromatic carbocycles. The minimum Gasteiger partial charge on any atom is -0.308 e. The van der Waals surface area contributed by atoms with Crippen molar-refractivity contribution >= 4 is 0 Å². The van der Waals surface area contributed by atoms with Gasteiger partial charge in [-0.15, -0.1) is 0 Å². The molecule has 1 saturated carbocycles. The van der Waals surface area contributed by atoms with Gasteiger partial charge in [0, 0.05) is 24.7 Å². The Balaban J connectivity index is 1.90. The molecule has 0 aliphatic heterocycles. The third-order valence-electron chi connectivity index (χ3n) is 4.28. The third kappa shape index (κ3) is 4.05. The highest BCUT2D eigenvalue weighted by Crippen LogP contribution is 2.27. The normalized spacial score (nSPS) is 18.8. The van der Waals surface area contributed by atoms with Crippen molar-refractivity contribution in [3.05, 3.63) is 35.9 Å². The minimum absolute atomic E-state index is 0.455. The Bertz CT molecular complexity index is 370. The van der Waals surface area contributed by atoms with Crippen molar-refractivity contribution in [3.8, 4) is 0 Å². The van der Waals surface area contributed by atoms with Crippen LogP contribution in [0.4, 0.5) is 0 Å². The molecule has 0 bridgehead atoms. The van der Waals surface area contributed by atoms with Gasteiger partial charge in [0.05, 0.1) is 0 Å². The van der Waals surface area contributed by atoms with E-state index in [2.05, 4.69) is 68.4 Å². The second-order valence-corrected chi connectivity index (χ2v) is 6.29. The van der Waals surface area contributed by atoms with E-state index in [9.17, 15) is 0 Å². The van der Waals surface area contributed by atoms with Crippen LogP contribution in [0.1, 0.15) is 45.2 Å². The lowest BCUT2D eigenvalue weighted by molar-refractivity contribution is 0.229. The summed E-state index contributed by atoms with van der Waals surface area (Å²) in [7, 11) is 2.26. The van der Waals surface area contributed by atoms with Gasteiger partial charge in [-0.05, 0) is 38.3 Å². The van der Waals surface area contributed by atoms with Crippen LogP contribution in [-0.4, -0.2) is 30.6 Å². The maximum atomic E-state index is 3.76. The predicted octanol–water partition coefficient (Wildman–Crippen LogP) is 3.46. The van der Waals surface area contributed by atoms with E-state index >= 15 is 0 Å². The monoisotopic (exact) mass is 260 g/mol. The Kier molecular flexibility index (Phi) is 5.00. The van der Waals surface area contributed by atoms with E-state index in [1.807, 2.05) is 0 Å². The number of nitrogens with zero attached hydrogens (tertiary/aromatic N) is 1. The number of benzene rings is 1. The van der Waals surface area contributed by atoms with Crippen LogP contribution < -0.4 is 5.32 Å². The van der Waals surface area contributed by atoms with Gasteiger partial charge in [0.2, 0.25) is 0 Å². The fourth-order valence-electron chi connectivity index (χ4n) is 2.68. The molecule has 19 heavy (non-hydrogen) atoms. The van der Waals surface area contributed by atoms with Gasteiger partial charge in [-0.1, -0.05) is 44.2 Å². The SMILES string of the molecule is CC(C)C(NCC(C)N(C)C1CC1)c1ccccc1. The summed E-state index contributed by atoms with van der Waals surface area (Å²) in [5.74, 6) is 0.612. The molecule has 0 amide bonds. The number of nitrogens with one attached hydrogen (secondary N) is 1. The molecule has 1 aliphatic carbocycles. The van der Waals surface area contributed by atoms with Crippen LogP contribution in [0.2, 0.25) is 0 Å². The van der Waals surface area contributed by atoms with Crippen LogP contribution in [0.5, 0.6) is 0 Å². The van der Waals surface area contributed by atoms with Gasteiger partial charge in [0.25, 0.3) is 0 Å². The summed E-state index contributed by atoms with van der Waals surface area (Å²) in [6, 6.07) is 12.7. The Morgan fingerprint density at radius 2 is 1.79 bits per heavy atom. The zero-order valence-corrected chi connectivity index (χ0v) is 12.8. The van der Waals surface area contributed by atoms with Crippen LogP contribution in [0.3, 0.4) is 0 Å². The Labute approximate surface area is 118 Å². The van der Waals surface area contributed by atoms with E-state index in [1.54, 1.807) is 0 Å². The van der Waals surface area contributed by atoms with Crippen molar-refractivity contribution in [2.45, 2.75) is 51.7 Å². The average molecular weight is 260 g/mol. The fraction of sp³-hybridized carbons (Fsp3) is 0.647. The summed E-state index contributed by atoms with van der Waals surface area (Å²) in [4.78, 5) is 2.52. The van der Waals surface area contributed by atoms with Gasteiger partial charge in [-0.2, -0.15) is 0 Å². The molecule has 1 fully saturated rings. The van der Waals surface area contributed by atoms with Crippen molar-refractivity contribution in [2.75, 3.05) is 13.6 Å². The molecule has 1 N–H and O–H groups in total. The smallest absolute Gasteiger partial charge is 0.0344 e. The van der Waals surface area contributed by atoms with Crippen molar-refractivity contribution < 1.29 is 0 Å². The first-order valence-corrected chi connectivity index (χ1v) is 7.60. The molecule has 106 valence electrons. The first-order chi connectivity index (χ1) is 9.09. The molecular weight excluding hydrogens is 232 g/mol. The number of likely N-dealkylation sites (N-methyl/N-ethyl adjacent to an activating group) is 1. The molecular formula is C17H28N2. The third-order valence-corrected chi connectivity index (χ3v) is 4.28. The van der Waals surface area contributed by atoms with Crippen LogP contribution in [0.25, 0.3) is 0 Å². The molecule has 2 heteroatoms. The summed E-state index contributed by atoms with van der Waals surface area (Å²) in [5.41, 5.74) is 1.40. The molecule has 2 atom stereocenters. The van der Waals surface area contributed by atoms with Gasteiger partial charge in [0.15, 0.2) is 0 Å². The molecule has 0 spiro atoms. The summed E-state index contributed by atoms with van der Waals surface area (Å²) in [5, 5.41) is 3.76. The largest absolute Gasteiger partial charge is 0.308 e. The second kappa shape index (κ2) is 6.53. The first-order valence-electron chi connectivity index (χ1n) is 7.60. The average Bonchev–Trinajstić information content (AvgIpc) is 3.23. The van der Waals surface area contributed by atoms with Crippen LogP contribution in [0, 0.1) is 5.92 Å². The Morgan fingerprint density at radius 1 is 1.16 bits per heavy atom. The summed E-state index contributed by atoms with van der Waals surface area (Å²) in [6.07, 6.45) is 2.76. The molecule has 0 saturated heterocycles. The van der Waals surface area contributed by atoms with Crippen molar-refractivity contribution in [1.29, 1.82) is 0 Å². The minimum atomic E-state index is 0.455. The van der Waals surface area contributed by atoms with Gasteiger partial charge in [-0.3, -0.25) is 4.90 Å². The standard InChI is InChI=1S/C17H28N2/c1-13(2)17(15-8-6-5-7-9-15)18-12-14(3)19(4)16-10-11-16/h5-9,13-14,16-18H,10-12H2,1-4H3. The Hall–Kier alpha value is -0.860. The lowest BCUT2D eigenvalue weighted by Crippen LogP contribution is -2.41. The molecule has 0 aromatic heterocycles. The molecule has 2 unspecified atom stereocenters. The van der Waals surface area contributed by atoms with E-state index in [1.165, 1.54) is 18.4 Å². The van der Waals surface area contributed by atoms with Crippen LogP contribution in [0.15, 0.2) is 30.3 Å². The zero-order valence-electron chi connectivity index (χ0n) is 12.8. The second-order valence-electron chi connectivity index (χ2n) is 6.29. The topological polar surface area (TPSA) is 15.3 Å². The van der Waals surface area contributed by atoms with E-state index in [4.69, 9.17) is 0 Å². The molecule has 0 heterocycles. The van der Waals surface area contributed by atoms with Gasteiger partial charge in [0.1, 0.15) is 0 Å². The van der Waals surface area contributed by atoms with Crippen molar-refractivity contribution in [3.63, 3.8) is 0 Å². The first kappa shape index (κ1) is 14.5. The zero-order chi connectivity index (χ0) is 13.8. The fourth-order valence-corrected chi connectivity index (χ4v) is 2.68. The maximum Gasteiger partial charge on any atom is 0.0344 e. The highest BCUT2D eigenvalue weighted by molar-refractivity contribution is 5.19. The maximum absolute atomic E-state index is 3.76. The molecule has 2 rings (SSSR count). The highest BCUT2D eigenvalue weighted by atomic mass is 15.2. The van der Waals surface area contributed by atoms with E-state index in [0.717, 1.165) is 12.6 Å². The molecule has 2 nitrogen and oxygen atoms in total. The summed E-state index contributed by atoms with van der Waals surface area (Å²) in [6.45, 7) is 7.97. The molecule has 1 aromatic rings. The quantitative estimate of drug-likeness (QED) is 0.807. The van der Waals surface area contributed by atoms with Gasteiger partial charge in [-0.25, -0.2) is 0 Å². The number of hydrogen-bond donors (Lipinski definition) is 1. The van der Waals surface area contributed by atoms with E-state index in [0.29, 0.717) is 18.0 Å². The predicted molar refractivity (Wildman–Crippen MR) is 82.3 cm³/mol. The van der Waals surface area contributed by atoms with Crippen molar-refractivity contribution in [1.82, 2.24) is 10.2 Å². The van der Waals surface area contributed by atoms with Crippen LogP contribution in [-0.2, 0) is 0 Å². The lowest BCUT2D eigenvalue weighted by atomic mass is 9.96. The van der Waals surface area contributed by atoms with Gasteiger partial charge >= 0.3 is 0 Å². The van der Waals surface area contributed by atoms with E-state index < -0.39 is 0 Å². The molecule has 0 radical (unpaired) electrons. The number of rotatable bonds is 7. The summed E-state index contributed by atoms with van der Waals surface area (Å²) < 4.78 is 0. The highest BCUT2D eigenvalue weighted by Gasteiger charge is 2.29. The van der Waals surface area contributed by atoms with Crippen molar-refractivity contribution in [2.24, 2.45) is 5.92 Å². The lowest BCUT2D eigenvalue weighted by Gasteiger charge is -2.29. The number of hydrogen-bond acceptors (Lipinski definition) is 2. The Morgan fingerprint density at radius 3 is 2.32 bits per heavy atom. The summed E-state index contributed by atoms with van der Waals surface area (Å²) >= 11 is 0. The van der Waals surface area contributed by atoms with E-state index in [-0.39, 0.29) is 0 Å².